The van der Waals surface area contributed by atoms with Gasteiger partial charge in [0.05, 0.1) is 26.4 Å². The SMILES string of the molecule is CCCCCCCCCC(=O)OC[C@H](COP(=O)(O)OC[C@H](O)COP(=O)(O)OC[C@@H](COC(=O)CCCCCCCCC(C)C)OC(=O)CCCCCCCCCCCCCCCCCCCCC(C)CC)OC(=O)CCCCCCCCC(C)C. The van der Waals surface area contributed by atoms with Crippen LogP contribution in [0.15, 0.2) is 0 Å². The summed E-state index contributed by atoms with van der Waals surface area (Å²) in [5, 5.41) is 10.5. The third kappa shape index (κ3) is 61.3. The van der Waals surface area contributed by atoms with Gasteiger partial charge in [0.15, 0.2) is 12.2 Å². The Bertz CT molecular complexity index is 1720. The molecule has 6 atom stereocenters. The monoisotopic (exact) mass is 1280 g/mol. The van der Waals surface area contributed by atoms with Crippen LogP contribution in [0, 0.1) is 17.8 Å². The number of ether oxygens (including phenoxy) is 4. The number of phosphoric ester groups is 2. The Morgan fingerprint density at radius 2 is 0.586 bits per heavy atom. The molecule has 0 fully saturated rings. The highest BCUT2D eigenvalue weighted by Gasteiger charge is 2.30. The molecule has 17 nitrogen and oxygen atoms in total. The van der Waals surface area contributed by atoms with E-state index in [0.29, 0.717) is 37.5 Å². The van der Waals surface area contributed by atoms with Crippen molar-refractivity contribution in [1.82, 2.24) is 0 Å². The van der Waals surface area contributed by atoms with E-state index in [0.717, 1.165) is 115 Å². The second-order valence-electron chi connectivity index (χ2n) is 25.8. The molecule has 0 heterocycles. The first-order chi connectivity index (χ1) is 41.8. The van der Waals surface area contributed by atoms with E-state index in [1.165, 1.54) is 128 Å². The predicted molar refractivity (Wildman–Crippen MR) is 349 cm³/mol. The van der Waals surface area contributed by atoms with Crippen molar-refractivity contribution in [1.29, 1.82) is 0 Å². The molecule has 3 N–H and O–H groups in total. The highest BCUT2D eigenvalue weighted by Crippen LogP contribution is 2.45. The molecule has 0 aromatic heterocycles. The molecule has 0 bridgehead atoms. The summed E-state index contributed by atoms with van der Waals surface area (Å²) in [5.41, 5.74) is 0. The van der Waals surface area contributed by atoms with Crippen LogP contribution < -0.4 is 0 Å². The Labute approximate surface area is 530 Å². The van der Waals surface area contributed by atoms with Crippen molar-refractivity contribution in [3.63, 3.8) is 0 Å². The van der Waals surface area contributed by atoms with Gasteiger partial charge in [-0.2, -0.15) is 0 Å². The maximum atomic E-state index is 13.0. The molecule has 0 amide bonds. The van der Waals surface area contributed by atoms with Crippen molar-refractivity contribution in [2.45, 2.75) is 356 Å². The molecule has 3 unspecified atom stereocenters. The zero-order valence-corrected chi connectivity index (χ0v) is 58.3. The number of unbranched alkanes of at least 4 members (excludes halogenated alkanes) is 33. The molecular formula is C68H132O17P2. The van der Waals surface area contributed by atoms with Gasteiger partial charge in [-0.15, -0.1) is 0 Å². The van der Waals surface area contributed by atoms with E-state index < -0.39 is 97.5 Å². The lowest BCUT2D eigenvalue weighted by Gasteiger charge is -2.21. The second-order valence-corrected chi connectivity index (χ2v) is 28.7. The maximum absolute atomic E-state index is 13.0. The normalized spacial score (nSPS) is 14.6. The lowest BCUT2D eigenvalue weighted by molar-refractivity contribution is -0.161. The van der Waals surface area contributed by atoms with Gasteiger partial charge < -0.3 is 33.8 Å². The van der Waals surface area contributed by atoms with E-state index in [4.69, 9.17) is 37.0 Å². The third-order valence-electron chi connectivity index (χ3n) is 16.0. The number of esters is 4. The lowest BCUT2D eigenvalue weighted by atomic mass is 9.99. The molecule has 0 aliphatic rings. The van der Waals surface area contributed by atoms with Crippen LogP contribution >= 0.6 is 15.6 Å². The van der Waals surface area contributed by atoms with Gasteiger partial charge in [-0.3, -0.25) is 37.3 Å². The molecule has 19 heteroatoms. The van der Waals surface area contributed by atoms with E-state index in [-0.39, 0.29) is 25.7 Å². The zero-order chi connectivity index (χ0) is 64.5. The van der Waals surface area contributed by atoms with Crippen LogP contribution in [0.5, 0.6) is 0 Å². The van der Waals surface area contributed by atoms with E-state index >= 15 is 0 Å². The largest absolute Gasteiger partial charge is 0.472 e. The van der Waals surface area contributed by atoms with Crippen LogP contribution in [0.4, 0.5) is 0 Å². The molecule has 516 valence electrons. The summed E-state index contributed by atoms with van der Waals surface area (Å²) in [4.78, 5) is 72.1. The Balaban J connectivity index is 5.07. The second kappa shape index (κ2) is 59.1. The van der Waals surface area contributed by atoms with Gasteiger partial charge in [0.25, 0.3) is 0 Å². The van der Waals surface area contributed by atoms with Crippen LogP contribution in [0.3, 0.4) is 0 Å². The number of rotatable bonds is 66. The maximum Gasteiger partial charge on any atom is 0.472 e. The molecule has 0 aliphatic carbocycles. The number of carbonyl (C=O) groups excluding carboxylic acids is 4. The van der Waals surface area contributed by atoms with Crippen molar-refractivity contribution in [2.75, 3.05) is 39.6 Å². The third-order valence-corrected chi connectivity index (χ3v) is 17.9. The quantitative estimate of drug-likeness (QED) is 0.0222. The number of aliphatic hydroxyl groups is 1. The van der Waals surface area contributed by atoms with Gasteiger partial charge in [0, 0.05) is 25.7 Å². The minimum atomic E-state index is -4.95. The molecule has 0 saturated carbocycles. The van der Waals surface area contributed by atoms with Gasteiger partial charge >= 0.3 is 39.5 Å². The topological polar surface area (TPSA) is 237 Å². The predicted octanol–water partition coefficient (Wildman–Crippen LogP) is 19.1. The molecule has 0 rings (SSSR count). The Hall–Kier alpha value is -1.94. The summed E-state index contributed by atoms with van der Waals surface area (Å²) in [5.74, 6) is 0.0781. The van der Waals surface area contributed by atoms with Crippen molar-refractivity contribution in [2.24, 2.45) is 17.8 Å². The van der Waals surface area contributed by atoms with Crippen LogP contribution in [-0.2, 0) is 65.4 Å². The van der Waals surface area contributed by atoms with Crippen LogP contribution in [0.2, 0.25) is 0 Å². The first-order valence-corrected chi connectivity index (χ1v) is 38.4. The zero-order valence-electron chi connectivity index (χ0n) is 56.5. The van der Waals surface area contributed by atoms with Gasteiger partial charge in [-0.25, -0.2) is 9.13 Å². The van der Waals surface area contributed by atoms with Crippen molar-refractivity contribution < 1.29 is 80.2 Å². The molecule has 0 aliphatic heterocycles. The van der Waals surface area contributed by atoms with Gasteiger partial charge in [0.1, 0.15) is 19.3 Å². The highest BCUT2D eigenvalue weighted by molar-refractivity contribution is 7.47. The summed E-state index contributed by atoms with van der Waals surface area (Å²) < 4.78 is 67.9. The number of phosphoric acid groups is 2. The van der Waals surface area contributed by atoms with E-state index in [9.17, 15) is 43.2 Å². The molecule has 0 saturated heterocycles. The average molecular weight is 1280 g/mol. The van der Waals surface area contributed by atoms with E-state index in [2.05, 4.69) is 48.5 Å². The first-order valence-electron chi connectivity index (χ1n) is 35.4. The summed E-state index contributed by atoms with van der Waals surface area (Å²) >= 11 is 0. The minimum Gasteiger partial charge on any atom is -0.462 e. The minimum absolute atomic E-state index is 0.101. The Kier molecular flexibility index (Phi) is 57.8. The number of aliphatic hydroxyl groups excluding tert-OH is 1. The lowest BCUT2D eigenvalue weighted by Crippen LogP contribution is -2.30. The first kappa shape index (κ1) is 85.1. The number of hydrogen-bond acceptors (Lipinski definition) is 15. The summed E-state index contributed by atoms with van der Waals surface area (Å²) in [6.07, 6.45) is 42.3. The summed E-state index contributed by atoms with van der Waals surface area (Å²) in [6.45, 7) is 11.7. The van der Waals surface area contributed by atoms with Gasteiger partial charge in [-0.05, 0) is 43.4 Å². The average Bonchev–Trinajstić information content (AvgIpc) is 3.66. The van der Waals surface area contributed by atoms with Crippen LogP contribution in [0.1, 0.15) is 337 Å². The van der Waals surface area contributed by atoms with Crippen LogP contribution in [0.25, 0.3) is 0 Å². The standard InChI is InChI=1S/C68H132O17P2/c1-8-10-11-12-25-35-42-49-65(70)78-55-64(85-68(73)52-45-38-31-29-33-40-47-60(5)6)58-83-87(76,77)81-54-62(69)53-80-86(74,75)82-57-63(56-79-66(71)50-43-36-30-28-32-39-46-59(3)4)84-67(72)51-44-37-27-24-22-20-18-16-14-13-15-17-19-21-23-26-34-41-48-61(7)9-2/h59-64,69H,8-58H2,1-7H3,(H,74,75)(H,76,77)/t61?,62-,63-,64-/m1/s1. The fraction of sp³-hybridized carbons (Fsp3) is 0.941. The van der Waals surface area contributed by atoms with Crippen molar-refractivity contribution in [3.05, 3.63) is 0 Å². The molecular weight excluding hydrogens is 1150 g/mol. The van der Waals surface area contributed by atoms with Gasteiger partial charge in [-0.1, -0.05) is 286 Å². The van der Waals surface area contributed by atoms with Crippen molar-refractivity contribution in [3.8, 4) is 0 Å². The smallest absolute Gasteiger partial charge is 0.462 e. The highest BCUT2D eigenvalue weighted by atomic mass is 31.2. The van der Waals surface area contributed by atoms with E-state index in [1.807, 2.05) is 0 Å². The molecule has 0 spiro atoms. The van der Waals surface area contributed by atoms with Crippen LogP contribution in [-0.4, -0.2) is 96.7 Å². The molecule has 0 radical (unpaired) electrons. The van der Waals surface area contributed by atoms with E-state index in [1.54, 1.807) is 0 Å². The van der Waals surface area contributed by atoms with Gasteiger partial charge in [0.2, 0.25) is 0 Å². The molecule has 0 aromatic carbocycles. The fourth-order valence-electron chi connectivity index (χ4n) is 10.2. The fourth-order valence-corrected chi connectivity index (χ4v) is 11.7. The summed E-state index contributed by atoms with van der Waals surface area (Å²) in [7, 11) is -9.89. The number of hydrogen-bond donors (Lipinski definition) is 3. The summed E-state index contributed by atoms with van der Waals surface area (Å²) in [6, 6.07) is 0. The molecule has 0 aromatic rings. The Morgan fingerprint density at radius 1 is 0.333 bits per heavy atom. The number of carbonyl (C=O) groups is 4. The molecule has 87 heavy (non-hydrogen) atoms. The van der Waals surface area contributed by atoms with Crippen molar-refractivity contribution >= 4 is 39.5 Å². The Morgan fingerprint density at radius 3 is 0.874 bits per heavy atom.